The molecule has 90 valence electrons. The monoisotopic (exact) mass is 268 g/mol. The van der Waals surface area contributed by atoms with E-state index in [0.29, 0.717) is 5.02 Å². The highest BCUT2D eigenvalue weighted by molar-refractivity contribution is 7.99. The summed E-state index contributed by atoms with van der Waals surface area (Å²) in [5, 5.41) is 10.1. The van der Waals surface area contributed by atoms with Gasteiger partial charge in [-0.15, -0.1) is 0 Å². The molecule has 1 atom stereocenters. The standard InChI is InChI=1S/C13H13ClO2S/c1-8(15)11-4-3-10(7-12(11)14)17-13-5-6-16-9(13)2/h3-8,15H,1-2H3. The van der Waals surface area contributed by atoms with Crippen LogP contribution in [0.1, 0.15) is 24.4 Å². The van der Waals surface area contributed by atoms with Gasteiger partial charge in [0.15, 0.2) is 0 Å². The fraction of sp³-hybridized carbons (Fsp3) is 0.231. The summed E-state index contributed by atoms with van der Waals surface area (Å²) >= 11 is 7.70. The van der Waals surface area contributed by atoms with Crippen molar-refractivity contribution in [3.05, 3.63) is 46.9 Å². The van der Waals surface area contributed by atoms with Crippen LogP contribution in [0.2, 0.25) is 5.02 Å². The topological polar surface area (TPSA) is 33.4 Å². The van der Waals surface area contributed by atoms with Crippen LogP contribution in [0.4, 0.5) is 0 Å². The van der Waals surface area contributed by atoms with Crippen LogP contribution in [0, 0.1) is 6.92 Å². The van der Waals surface area contributed by atoms with E-state index in [9.17, 15) is 5.11 Å². The summed E-state index contributed by atoms with van der Waals surface area (Å²) in [5.74, 6) is 0.894. The number of hydrogen-bond acceptors (Lipinski definition) is 3. The van der Waals surface area contributed by atoms with Crippen LogP contribution >= 0.6 is 23.4 Å². The van der Waals surface area contributed by atoms with Crippen molar-refractivity contribution in [2.75, 3.05) is 0 Å². The Kier molecular flexibility index (Phi) is 3.82. The van der Waals surface area contributed by atoms with Crippen molar-refractivity contribution in [2.45, 2.75) is 29.7 Å². The quantitative estimate of drug-likeness (QED) is 0.893. The SMILES string of the molecule is Cc1occc1Sc1ccc(C(C)O)c(Cl)c1. The molecule has 1 aromatic heterocycles. The van der Waals surface area contributed by atoms with Gasteiger partial charge in [0.1, 0.15) is 5.76 Å². The molecule has 0 bridgehead atoms. The lowest BCUT2D eigenvalue weighted by molar-refractivity contribution is 0.199. The van der Waals surface area contributed by atoms with Crippen LogP contribution in [0.25, 0.3) is 0 Å². The number of aryl methyl sites for hydroxylation is 1. The molecule has 0 aliphatic heterocycles. The van der Waals surface area contributed by atoms with E-state index in [-0.39, 0.29) is 0 Å². The molecular weight excluding hydrogens is 256 g/mol. The molecule has 2 nitrogen and oxygen atoms in total. The molecular formula is C13H13ClO2S. The van der Waals surface area contributed by atoms with E-state index in [2.05, 4.69) is 0 Å². The Balaban J connectivity index is 2.24. The Labute approximate surface area is 110 Å². The van der Waals surface area contributed by atoms with E-state index in [1.165, 1.54) is 0 Å². The third kappa shape index (κ3) is 2.86. The lowest BCUT2D eigenvalue weighted by atomic mass is 10.1. The number of halogens is 1. The molecule has 0 fully saturated rings. The van der Waals surface area contributed by atoms with Crippen molar-refractivity contribution in [3.63, 3.8) is 0 Å². The fourth-order valence-corrected chi connectivity index (χ4v) is 2.80. The Hall–Kier alpha value is -0.900. The molecule has 2 aromatic rings. The molecule has 0 saturated heterocycles. The molecule has 1 unspecified atom stereocenters. The van der Waals surface area contributed by atoms with E-state index in [1.807, 2.05) is 31.2 Å². The summed E-state index contributed by atoms with van der Waals surface area (Å²) in [6.07, 6.45) is 1.13. The van der Waals surface area contributed by atoms with Crippen molar-refractivity contribution in [1.82, 2.24) is 0 Å². The van der Waals surface area contributed by atoms with Crippen LogP contribution in [0.5, 0.6) is 0 Å². The van der Waals surface area contributed by atoms with E-state index in [0.717, 1.165) is 21.1 Å². The van der Waals surface area contributed by atoms with Crippen molar-refractivity contribution >= 4 is 23.4 Å². The summed E-state index contributed by atoms with van der Waals surface area (Å²) < 4.78 is 5.24. The first-order chi connectivity index (χ1) is 8.08. The normalized spacial score (nSPS) is 12.7. The first kappa shape index (κ1) is 12.6. The van der Waals surface area contributed by atoms with Gasteiger partial charge in [0, 0.05) is 9.92 Å². The maximum absolute atomic E-state index is 9.49. The summed E-state index contributed by atoms with van der Waals surface area (Å²) in [6.45, 7) is 3.63. The molecule has 0 radical (unpaired) electrons. The highest BCUT2D eigenvalue weighted by Crippen LogP contribution is 2.34. The van der Waals surface area contributed by atoms with Crippen LogP contribution in [-0.4, -0.2) is 5.11 Å². The van der Waals surface area contributed by atoms with Gasteiger partial charge in [-0.05, 0) is 37.6 Å². The molecule has 17 heavy (non-hydrogen) atoms. The molecule has 0 aliphatic carbocycles. The first-order valence-corrected chi connectivity index (χ1v) is 6.47. The first-order valence-electron chi connectivity index (χ1n) is 5.27. The second-order valence-electron chi connectivity index (χ2n) is 3.80. The molecule has 1 N–H and O–H groups in total. The Morgan fingerprint density at radius 3 is 2.65 bits per heavy atom. The van der Waals surface area contributed by atoms with Crippen LogP contribution in [-0.2, 0) is 0 Å². The van der Waals surface area contributed by atoms with Gasteiger partial charge in [-0.25, -0.2) is 0 Å². The lowest BCUT2D eigenvalue weighted by Crippen LogP contribution is -1.91. The number of aliphatic hydroxyl groups excluding tert-OH is 1. The van der Waals surface area contributed by atoms with E-state index in [1.54, 1.807) is 24.9 Å². The van der Waals surface area contributed by atoms with Crippen LogP contribution in [0.3, 0.4) is 0 Å². The summed E-state index contributed by atoms with van der Waals surface area (Å²) in [7, 11) is 0. The molecule has 2 rings (SSSR count). The molecule has 1 heterocycles. The second-order valence-corrected chi connectivity index (χ2v) is 5.32. The lowest BCUT2D eigenvalue weighted by Gasteiger charge is -2.08. The predicted molar refractivity (Wildman–Crippen MR) is 69.7 cm³/mol. The number of benzene rings is 1. The van der Waals surface area contributed by atoms with Crippen molar-refractivity contribution in [3.8, 4) is 0 Å². The molecule has 1 aromatic carbocycles. The predicted octanol–water partition coefficient (Wildman–Crippen LogP) is 4.45. The molecule has 0 aliphatic rings. The Morgan fingerprint density at radius 2 is 2.12 bits per heavy atom. The summed E-state index contributed by atoms with van der Waals surface area (Å²) in [6, 6.07) is 7.59. The molecule has 0 spiro atoms. The fourth-order valence-electron chi connectivity index (χ4n) is 1.52. The maximum atomic E-state index is 9.49. The average Bonchev–Trinajstić information content (AvgIpc) is 2.64. The van der Waals surface area contributed by atoms with E-state index < -0.39 is 6.10 Å². The van der Waals surface area contributed by atoms with Gasteiger partial charge in [-0.3, -0.25) is 0 Å². The minimum Gasteiger partial charge on any atom is -0.468 e. The zero-order valence-electron chi connectivity index (χ0n) is 9.61. The van der Waals surface area contributed by atoms with Crippen molar-refractivity contribution in [2.24, 2.45) is 0 Å². The maximum Gasteiger partial charge on any atom is 0.114 e. The highest BCUT2D eigenvalue weighted by Gasteiger charge is 2.09. The van der Waals surface area contributed by atoms with E-state index >= 15 is 0 Å². The third-order valence-electron chi connectivity index (χ3n) is 2.46. The second kappa shape index (κ2) is 5.17. The number of hydrogen-bond donors (Lipinski definition) is 1. The minimum atomic E-state index is -0.544. The van der Waals surface area contributed by atoms with Crippen molar-refractivity contribution < 1.29 is 9.52 Å². The molecule has 0 amide bonds. The smallest absolute Gasteiger partial charge is 0.114 e. The summed E-state index contributed by atoms with van der Waals surface area (Å²) in [4.78, 5) is 2.11. The van der Waals surface area contributed by atoms with Gasteiger partial charge in [0.25, 0.3) is 0 Å². The van der Waals surface area contributed by atoms with Gasteiger partial charge in [0.05, 0.1) is 17.3 Å². The largest absolute Gasteiger partial charge is 0.468 e. The summed E-state index contributed by atoms with van der Waals surface area (Å²) in [5.41, 5.74) is 0.750. The Bertz CT molecular complexity index is 520. The highest BCUT2D eigenvalue weighted by atomic mass is 35.5. The number of furan rings is 1. The van der Waals surface area contributed by atoms with E-state index in [4.69, 9.17) is 16.0 Å². The van der Waals surface area contributed by atoms with Crippen LogP contribution in [0.15, 0.2) is 44.7 Å². The van der Waals surface area contributed by atoms with Gasteiger partial charge in [-0.1, -0.05) is 29.4 Å². The zero-order valence-corrected chi connectivity index (χ0v) is 11.2. The third-order valence-corrected chi connectivity index (χ3v) is 3.92. The minimum absolute atomic E-state index is 0.544. The average molecular weight is 269 g/mol. The van der Waals surface area contributed by atoms with Gasteiger partial charge < -0.3 is 9.52 Å². The van der Waals surface area contributed by atoms with Gasteiger partial charge in [-0.2, -0.15) is 0 Å². The van der Waals surface area contributed by atoms with Crippen molar-refractivity contribution in [1.29, 1.82) is 0 Å². The van der Waals surface area contributed by atoms with Crippen LogP contribution < -0.4 is 0 Å². The number of rotatable bonds is 3. The number of aliphatic hydroxyl groups is 1. The molecule has 0 saturated carbocycles. The Morgan fingerprint density at radius 1 is 1.35 bits per heavy atom. The van der Waals surface area contributed by atoms with Gasteiger partial charge >= 0.3 is 0 Å². The molecule has 4 heteroatoms. The van der Waals surface area contributed by atoms with Gasteiger partial charge in [0.2, 0.25) is 0 Å². The zero-order chi connectivity index (χ0) is 12.4.